The summed E-state index contributed by atoms with van der Waals surface area (Å²) in [5, 5.41) is 12.1. The SMILES string of the molecule is C=C(Cn1ccnc1)C1(O)CCC2C3CCC4CC(C(C)(S)S)CCC4(C)C3CCC21C.[HH]. The first kappa shape index (κ1) is 23.4. The van der Waals surface area contributed by atoms with E-state index in [9.17, 15) is 5.11 Å². The molecule has 180 valence electrons. The van der Waals surface area contributed by atoms with Crippen molar-refractivity contribution in [2.24, 2.45) is 40.4 Å². The van der Waals surface area contributed by atoms with Crippen molar-refractivity contribution in [3.63, 3.8) is 0 Å². The fraction of sp³-hybridized carbons (Fsp3) is 0.815. The molecule has 1 N–H and O–H groups in total. The zero-order valence-corrected chi connectivity index (χ0v) is 21.9. The van der Waals surface area contributed by atoms with Gasteiger partial charge in [-0.1, -0.05) is 20.4 Å². The van der Waals surface area contributed by atoms with E-state index in [1.165, 1.54) is 38.5 Å². The standard InChI is InChI=1S/C27H42N2OS2.H2/c1-18(16-29-14-13-28-17-29)27(30)12-9-23-21-6-5-19-15-20(26(4,31)32)7-10-24(19,2)22(21)8-11-25(23,27)3;/h13-14,17,19-23,30-32H,1,5-12,15-16H2,2-4H3;1H. The van der Waals surface area contributed by atoms with Crippen molar-refractivity contribution in [2.45, 2.75) is 94.8 Å². The normalized spacial score (nSPS) is 46.2. The Morgan fingerprint density at radius 3 is 2.59 bits per heavy atom. The topological polar surface area (TPSA) is 38.0 Å². The largest absolute Gasteiger partial charge is 0.385 e. The number of thiol groups is 2. The molecule has 0 bridgehead atoms. The molecule has 3 nitrogen and oxygen atoms in total. The molecule has 0 spiro atoms. The van der Waals surface area contributed by atoms with E-state index in [1.54, 1.807) is 6.20 Å². The van der Waals surface area contributed by atoms with Gasteiger partial charge in [0.1, 0.15) is 0 Å². The highest BCUT2D eigenvalue weighted by Gasteiger charge is 2.65. The highest BCUT2D eigenvalue weighted by Crippen LogP contribution is 2.69. The zero-order valence-electron chi connectivity index (χ0n) is 20.1. The van der Waals surface area contributed by atoms with Gasteiger partial charge >= 0.3 is 0 Å². The van der Waals surface area contributed by atoms with E-state index in [1.807, 2.05) is 17.1 Å². The van der Waals surface area contributed by atoms with Gasteiger partial charge in [0, 0.05) is 25.8 Å². The fourth-order valence-electron chi connectivity index (χ4n) is 9.08. The number of aliphatic hydroxyl groups is 1. The van der Waals surface area contributed by atoms with Crippen LogP contribution in [0.3, 0.4) is 0 Å². The van der Waals surface area contributed by atoms with Gasteiger partial charge in [-0.3, -0.25) is 0 Å². The van der Waals surface area contributed by atoms with Gasteiger partial charge in [0.15, 0.2) is 0 Å². The second-order valence-corrected chi connectivity index (χ2v) is 14.6. The monoisotopic (exact) mass is 476 g/mol. The van der Waals surface area contributed by atoms with Gasteiger partial charge in [0.05, 0.1) is 16.0 Å². The molecule has 32 heavy (non-hydrogen) atoms. The molecule has 5 heteroatoms. The Bertz CT molecular complexity index is 870. The Labute approximate surface area is 207 Å². The predicted octanol–water partition coefficient (Wildman–Crippen LogP) is 6.65. The third-order valence-corrected chi connectivity index (χ3v) is 11.8. The average molecular weight is 477 g/mol. The molecule has 8 unspecified atom stereocenters. The minimum absolute atomic E-state index is 0. The van der Waals surface area contributed by atoms with Gasteiger partial charge in [-0.05, 0) is 105 Å². The molecule has 4 aliphatic rings. The number of rotatable bonds is 4. The Hall–Kier alpha value is -0.390. The summed E-state index contributed by atoms with van der Waals surface area (Å²) >= 11 is 9.65. The Kier molecular flexibility index (Phi) is 5.70. The number of fused-ring (bicyclic) bond motifs is 5. The van der Waals surface area contributed by atoms with Crippen LogP contribution in [0.15, 0.2) is 30.9 Å². The summed E-state index contributed by atoms with van der Waals surface area (Å²) in [4.78, 5) is 4.17. The van der Waals surface area contributed by atoms with Crippen LogP contribution in [-0.2, 0) is 6.54 Å². The maximum Gasteiger partial charge on any atom is 0.0948 e. The summed E-state index contributed by atoms with van der Waals surface area (Å²) in [6, 6.07) is 0. The van der Waals surface area contributed by atoms with Crippen molar-refractivity contribution in [3.8, 4) is 0 Å². The number of aromatic nitrogens is 2. The highest BCUT2D eigenvalue weighted by atomic mass is 32.2. The second-order valence-electron chi connectivity index (χ2n) is 12.4. The molecule has 1 heterocycles. The molecule has 4 aliphatic carbocycles. The molecular formula is C27H44N2OS2. The van der Waals surface area contributed by atoms with Crippen LogP contribution in [0.25, 0.3) is 0 Å². The van der Waals surface area contributed by atoms with Crippen LogP contribution in [0, 0.1) is 40.4 Å². The van der Waals surface area contributed by atoms with Gasteiger partial charge in [0.25, 0.3) is 0 Å². The van der Waals surface area contributed by atoms with E-state index in [4.69, 9.17) is 25.3 Å². The third kappa shape index (κ3) is 3.39. The lowest BCUT2D eigenvalue weighted by Gasteiger charge is -2.62. The molecule has 0 aromatic carbocycles. The van der Waals surface area contributed by atoms with Crippen LogP contribution in [-0.4, -0.2) is 24.3 Å². The lowest BCUT2D eigenvalue weighted by molar-refractivity contribution is -0.145. The first-order valence-corrected chi connectivity index (χ1v) is 13.7. The minimum atomic E-state index is -0.762. The molecule has 0 amide bonds. The molecule has 0 aliphatic heterocycles. The van der Waals surface area contributed by atoms with E-state index in [0.29, 0.717) is 23.8 Å². The number of hydrogen-bond donors (Lipinski definition) is 3. The molecule has 4 fully saturated rings. The maximum absolute atomic E-state index is 12.1. The predicted molar refractivity (Wildman–Crippen MR) is 140 cm³/mol. The van der Waals surface area contributed by atoms with Crippen molar-refractivity contribution in [1.29, 1.82) is 0 Å². The van der Waals surface area contributed by atoms with Crippen molar-refractivity contribution >= 4 is 25.3 Å². The molecular weight excluding hydrogens is 432 g/mol. The summed E-state index contributed by atoms with van der Waals surface area (Å²) < 4.78 is 1.88. The molecule has 0 radical (unpaired) electrons. The number of nitrogens with zero attached hydrogens (tertiary/aromatic N) is 2. The van der Waals surface area contributed by atoms with Gasteiger partial charge < -0.3 is 9.67 Å². The van der Waals surface area contributed by atoms with Gasteiger partial charge in [0.2, 0.25) is 0 Å². The quantitative estimate of drug-likeness (QED) is 0.258. The van der Waals surface area contributed by atoms with Crippen LogP contribution in [0.5, 0.6) is 0 Å². The van der Waals surface area contributed by atoms with Gasteiger partial charge in [-0.2, -0.15) is 25.3 Å². The first-order chi connectivity index (χ1) is 15.0. The Morgan fingerprint density at radius 1 is 1.16 bits per heavy atom. The van der Waals surface area contributed by atoms with Gasteiger partial charge in [-0.15, -0.1) is 0 Å². The lowest BCUT2D eigenvalue weighted by atomic mass is 9.43. The molecule has 5 rings (SSSR count). The Morgan fingerprint density at radius 2 is 1.91 bits per heavy atom. The molecule has 1 aromatic rings. The molecule has 8 atom stereocenters. The highest BCUT2D eigenvalue weighted by molar-refractivity contribution is 8.00. The van der Waals surface area contributed by atoms with Crippen LogP contribution in [0.4, 0.5) is 0 Å². The number of hydrogen-bond acceptors (Lipinski definition) is 4. The molecule has 4 saturated carbocycles. The van der Waals surface area contributed by atoms with E-state index in [2.05, 4.69) is 32.3 Å². The van der Waals surface area contributed by atoms with Crippen molar-refractivity contribution in [3.05, 3.63) is 30.9 Å². The van der Waals surface area contributed by atoms with Crippen LogP contribution in [0.1, 0.15) is 80.0 Å². The summed E-state index contributed by atoms with van der Waals surface area (Å²) in [6.45, 7) is 12.3. The average Bonchev–Trinajstić information content (AvgIpc) is 3.33. The van der Waals surface area contributed by atoms with Crippen molar-refractivity contribution < 1.29 is 6.53 Å². The van der Waals surface area contributed by atoms with Crippen molar-refractivity contribution in [1.82, 2.24) is 9.55 Å². The first-order valence-electron chi connectivity index (χ1n) is 12.8. The fourth-order valence-corrected chi connectivity index (χ4v) is 9.55. The summed E-state index contributed by atoms with van der Waals surface area (Å²) in [6.07, 6.45) is 16.5. The van der Waals surface area contributed by atoms with Crippen molar-refractivity contribution in [2.75, 3.05) is 0 Å². The lowest BCUT2D eigenvalue weighted by Crippen LogP contribution is -2.57. The van der Waals surface area contributed by atoms with Crippen LogP contribution in [0.2, 0.25) is 0 Å². The number of imidazole rings is 1. The Balaban J connectivity index is 0.00000259. The summed E-state index contributed by atoms with van der Waals surface area (Å²) in [5.74, 6) is 3.58. The van der Waals surface area contributed by atoms with Crippen LogP contribution >= 0.6 is 25.3 Å². The van der Waals surface area contributed by atoms with E-state index in [0.717, 1.165) is 42.6 Å². The third-order valence-electron chi connectivity index (χ3n) is 11.1. The smallest absolute Gasteiger partial charge is 0.0948 e. The van der Waals surface area contributed by atoms with E-state index >= 15 is 0 Å². The zero-order chi connectivity index (χ0) is 22.9. The van der Waals surface area contributed by atoms with E-state index < -0.39 is 5.60 Å². The summed E-state index contributed by atoms with van der Waals surface area (Å²) in [5.41, 5.74) is 0.604. The molecule has 1 aromatic heterocycles. The van der Waals surface area contributed by atoms with Crippen LogP contribution < -0.4 is 0 Å². The summed E-state index contributed by atoms with van der Waals surface area (Å²) in [7, 11) is 0. The van der Waals surface area contributed by atoms with E-state index in [-0.39, 0.29) is 10.9 Å². The maximum atomic E-state index is 12.1. The minimum Gasteiger partial charge on any atom is -0.385 e. The van der Waals surface area contributed by atoms with Gasteiger partial charge in [-0.25, -0.2) is 4.98 Å². The second kappa shape index (κ2) is 7.81. The molecule has 0 saturated heterocycles.